The molecule has 8 heteroatoms. The van der Waals surface area contributed by atoms with Crippen molar-refractivity contribution < 1.29 is 9.47 Å². The molecule has 3 heterocycles. The molecule has 0 unspecified atom stereocenters. The van der Waals surface area contributed by atoms with E-state index in [4.69, 9.17) is 9.47 Å². The molecular formula is C21H24N6O2. The molecule has 150 valence electrons. The quantitative estimate of drug-likeness (QED) is 0.656. The van der Waals surface area contributed by atoms with E-state index < -0.39 is 0 Å². The topological polar surface area (TPSA) is 68.5 Å². The second-order valence-corrected chi connectivity index (χ2v) is 7.53. The molecule has 5 rings (SSSR count). The molecule has 1 aromatic heterocycles. The van der Waals surface area contributed by atoms with Gasteiger partial charge in [0.1, 0.15) is 0 Å². The van der Waals surface area contributed by atoms with Gasteiger partial charge in [0.05, 0.1) is 12.6 Å². The Bertz CT molecular complexity index is 968. The van der Waals surface area contributed by atoms with Gasteiger partial charge >= 0.3 is 0 Å². The van der Waals surface area contributed by atoms with Gasteiger partial charge in [-0.25, -0.2) is 4.68 Å². The highest BCUT2D eigenvalue weighted by atomic mass is 16.7. The molecule has 1 atom stereocenters. The van der Waals surface area contributed by atoms with Crippen LogP contribution in [0.15, 0.2) is 48.5 Å². The van der Waals surface area contributed by atoms with Gasteiger partial charge in [-0.1, -0.05) is 36.4 Å². The third-order valence-corrected chi connectivity index (χ3v) is 5.59. The minimum Gasteiger partial charge on any atom is -0.454 e. The Morgan fingerprint density at radius 1 is 0.966 bits per heavy atom. The Balaban J connectivity index is 1.47. The van der Waals surface area contributed by atoms with E-state index in [1.807, 2.05) is 28.9 Å². The van der Waals surface area contributed by atoms with Crippen molar-refractivity contribution in [1.29, 1.82) is 0 Å². The second kappa shape index (κ2) is 7.81. The monoisotopic (exact) mass is 392 g/mol. The Morgan fingerprint density at radius 2 is 1.76 bits per heavy atom. The first-order valence-electron chi connectivity index (χ1n) is 9.90. The molecule has 2 aliphatic rings. The van der Waals surface area contributed by atoms with Crippen LogP contribution >= 0.6 is 0 Å². The predicted molar refractivity (Wildman–Crippen MR) is 107 cm³/mol. The molecule has 0 spiro atoms. The van der Waals surface area contributed by atoms with Gasteiger partial charge in [-0.3, -0.25) is 4.90 Å². The molecule has 8 nitrogen and oxygen atoms in total. The number of benzene rings is 2. The first-order valence-corrected chi connectivity index (χ1v) is 9.90. The van der Waals surface area contributed by atoms with Crippen molar-refractivity contribution >= 4 is 0 Å². The van der Waals surface area contributed by atoms with Gasteiger partial charge in [0.15, 0.2) is 17.3 Å². The number of piperazine rings is 1. The lowest BCUT2D eigenvalue weighted by Gasteiger charge is -2.37. The molecule has 0 radical (unpaired) electrons. The van der Waals surface area contributed by atoms with Crippen molar-refractivity contribution in [3.05, 3.63) is 65.5 Å². The van der Waals surface area contributed by atoms with Crippen molar-refractivity contribution in [3.63, 3.8) is 0 Å². The lowest BCUT2D eigenvalue weighted by molar-refractivity contribution is 0.121. The summed E-state index contributed by atoms with van der Waals surface area (Å²) in [6, 6.07) is 16.5. The zero-order valence-electron chi connectivity index (χ0n) is 16.4. The molecule has 3 aromatic rings. The largest absolute Gasteiger partial charge is 0.454 e. The van der Waals surface area contributed by atoms with Crippen LogP contribution in [0, 0.1) is 0 Å². The zero-order valence-corrected chi connectivity index (χ0v) is 16.4. The normalized spacial score (nSPS) is 18.1. The van der Waals surface area contributed by atoms with Crippen molar-refractivity contribution in [1.82, 2.24) is 30.0 Å². The summed E-state index contributed by atoms with van der Waals surface area (Å²) in [5.41, 5.74) is 2.28. The fourth-order valence-electron chi connectivity index (χ4n) is 3.97. The lowest BCUT2D eigenvalue weighted by atomic mass is 10.0. The number of ether oxygens (including phenoxy) is 2. The first kappa shape index (κ1) is 18.1. The fourth-order valence-corrected chi connectivity index (χ4v) is 3.97. The number of hydrogen-bond donors (Lipinski definition) is 0. The maximum atomic E-state index is 5.51. The van der Waals surface area contributed by atoms with E-state index in [1.54, 1.807) is 0 Å². The van der Waals surface area contributed by atoms with E-state index in [9.17, 15) is 0 Å². The van der Waals surface area contributed by atoms with E-state index in [0.717, 1.165) is 49.1 Å². The first-order chi connectivity index (χ1) is 14.3. The molecule has 2 aromatic carbocycles. The van der Waals surface area contributed by atoms with Crippen LogP contribution in [0.3, 0.4) is 0 Å². The van der Waals surface area contributed by atoms with Crippen molar-refractivity contribution in [2.75, 3.05) is 40.0 Å². The number of tetrazole rings is 1. The molecule has 1 saturated heterocycles. The van der Waals surface area contributed by atoms with Crippen LogP contribution in [0.5, 0.6) is 11.5 Å². The summed E-state index contributed by atoms with van der Waals surface area (Å²) in [4.78, 5) is 4.82. The van der Waals surface area contributed by atoms with Crippen LogP contribution in [-0.2, 0) is 6.54 Å². The molecule has 2 aliphatic heterocycles. The summed E-state index contributed by atoms with van der Waals surface area (Å²) in [6.45, 7) is 4.88. The number of likely N-dealkylation sites (N-methyl/N-ethyl adjacent to an activating group) is 1. The van der Waals surface area contributed by atoms with Crippen LogP contribution in [0.2, 0.25) is 0 Å². The standard InChI is InChI=1S/C21H24N6O2/c1-25-9-11-26(12-10-25)20(17-5-3-2-4-6-17)21-22-23-24-27(21)14-16-7-8-18-19(13-16)29-15-28-18/h2-8,13,20H,9-12,14-15H2,1H3/t20-/m0/s1. The highest BCUT2D eigenvalue weighted by Crippen LogP contribution is 2.33. The number of rotatable bonds is 5. The van der Waals surface area contributed by atoms with Gasteiger partial charge in [0.2, 0.25) is 6.79 Å². The predicted octanol–water partition coefficient (Wildman–Crippen LogP) is 1.79. The summed E-state index contributed by atoms with van der Waals surface area (Å²) in [5.74, 6) is 2.42. The third-order valence-electron chi connectivity index (χ3n) is 5.59. The van der Waals surface area contributed by atoms with Gasteiger partial charge < -0.3 is 14.4 Å². The summed E-state index contributed by atoms with van der Waals surface area (Å²) in [5, 5.41) is 12.8. The third kappa shape index (κ3) is 3.68. The van der Waals surface area contributed by atoms with Crippen molar-refractivity contribution in [2.24, 2.45) is 0 Å². The maximum Gasteiger partial charge on any atom is 0.231 e. The SMILES string of the molecule is CN1CCN([C@@H](c2ccccc2)c2nnnn2Cc2ccc3c(c2)OCO3)CC1. The van der Waals surface area contributed by atoms with Crippen LogP contribution in [0.4, 0.5) is 0 Å². The van der Waals surface area contributed by atoms with E-state index in [1.165, 1.54) is 5.56 Å². The van der Waals surface area contributed by atoms with Crippen molar-refractivity contribution in [3.8, 4) is 11.5 Å². The Kier molecular flexibility index (Phi) is 4.87. The fraction of sp³-hybridized carbons (Fsp3) is 0.381. The van der Waals surface area contributed by atoms with Crippen LogP contribution < -0.4 is 9.47 Å². The summed E-state index contributed by atoms with van der Waals surface area (Å²) in [6.07, 6.45) is 0. The molecule has 0 amide bonds. The van der Waals surface area contributed by atoms with Gasteiger partial charge in [0.25, 0.3) is 0 Å². The summed E-state index contributed by atoms with van der Waals surface area (Å²) in [7, 11) is 2.17. The number of hydrogen-bond acceptors (Lipinski definition) is 7. The second-order valence-electron chi connectivity index (χ2n) is 7.53. The lowest BCUT2D eigenvalue weighted by Crippen LogP contribution is -2.46. The minimum absolute atomic E-state index is 0.0221. The van der Waals surface area contributed by atoms with E-state index in [2.05, 4.69) is 56.6 Å². The molecule has 0 saturated carbocycles. The molecule has 0 N–H and O–H groups in total. The van der Waals surface area contributed by atoms with Gasteiger partial charge in [0, 0.05) is 26.2 Å². The summed E-state index contributed by atoms with van der Waals surface area (Å²) >= 11 is 0. The average molecular weight is 392 g/mol. The Morgan fingerprint density at radius 3 is 2.59 bits per heavy atom. The number of nitrogens with zero attached hydrogens (tertiary/aromatic N) is 6. The zero-order chi connectivity index (χ0) is 19.6. The number of fused-ring (bicyclic) bond motifs is 1. The molecule has 1 fully saturated rings. The smallest absolute Gasteiger partial charge is 0.231 e. The molecular weight excluding hydrogens is 368 g/mol. The van der Waals surface area contributed by atoms with E-state index in [-0.39, 0.29) is 12.8 Å². The van der Waals surface area contributed by atoms with Crippen molar-refractivity contribution in [2.45, 2.75) is 12.6 Å². The molecule has 29 heavy (non-hydrogen) atoms. The summed E-state index contributed by atoms with van der Waals surface area (Å²) < 4.78 is 12.8. The van der Waals surface area contributed by atoms with Crippen LogP contribution in [0.25, 0.3) is 0 Å². The van der Waals surface area contributed by atoms with E-state index in [0.29, 0.717) is 6.54 Å². The van der Waals surface area contributed by atoms with Gasteiger partial charge in [-0.15, -0.1) is 5.10 Å². The van der Waals surface area contributed by atoms with Gasteiger partial charge in [-0.2, -0.15) is 0 Å². The highest BCUT2D eigenvalue weighted by molar-refractivity contribution is 5.44. The Hall–Kier alpha value is -2.97. The van der Waals surface area contributed by atoms with Crippen LogP contribution in [-0.4, -0.2) is 70.0 Å². The van der Waals surface area contributed by atoms with E-state index >= 15 is 0 Å². The minimum atomic E-state index is 0.0221. The Labute approximate surface area is 169 Å². The molecule has 0 aliphatic carbocycles. The molecule has 0 bridgehead atoms. The van der Waals surface area contributed by atoms with Crippen LogP contribution in [0.1, 0.15) is 23.0 Å². The highest BCUT2D eigenvalue weighted by Gasteiger charge is 2.30. The van der Waals surface area contributed by atoms with Gasteiger partial charge in [-0.05, 0) is 40.7 Å². The number of aromatic nitrogens is 4. The average Bonchev–Trinajstić information content (AvgIpc) is 3.40. The maximum absolute atomic E-state index is 5.51.